The maximum absolute atomic E-state index is 13.6. The van der Waals surface area contributed by atoms with Gasteiger partial charge in [0.1, 0.15) is 11.5 Å². The number of aromatic nitrogens is 3. The standard InChI is InChI=1S/C15H10F2N4O3/c16-9-3-1-8(2-4-9)6-18-14(22)11-5-12(15(23)24)21-13(20-11)10(17)7-19-21/h1-5,7H,6H2,(H,18,22)(H,23,24). The summed E-state index contributed by atoms with van der Waals surface area (Å²) in [6.07, 6.45) is 0.814. The molecule has 0 spiro atoms. The van der Waals surface area contributed by atoms with Crippen molar-refractivity contribution in [3.05, 3.63) is 65.1 Å². The van der Waals surface area contributed by atoms with Crippen LogP contribution >= 0.6 is 0 Å². The highest BCUT2D eigenvalue weighted by molar-refractivity contribution is 5.95. The second kappa shape index (κ2) is 6.03. The van der Waals surface area contributed by atoms with Crippen LogP contribution in [0.1, 0.15) is 26.5 Å². The summed E-state index contributed by atoms with van der Waals surface area (Å²) in [5, 5.41) is 15.2. The number of hydrogen-bond donors (Lipinski definition) is 2. The number of amides is 1. The molecule has 3 rings (SSSR count). The van der Waals surface area contributed by atoms with Crippen molar-refractivity contribution < 1.29 is 23.5 Å². The van der Waals surface area contributed by atoms with E-state index in [0.29, 0.717) is 5.56 Å². The van der Waals surface area contributed by atoms with Crippen LogP contribution in [0.3, 0.4) is 0 Å². The Balaban J connectivity index is 1.87. The molecule has 0 aliphatic heterocycles. The molecule has 24 heavy (non-hydrogen) atoms. The summed E-state index contributed by atoms with van der Waals surface area (Å²) < 4.78 is 27.2. The molecule has 0 radical (unpaired) electrons. The normalized spacial score (nSPS) is 10.8. The number of rotatable bonds is 4. The molecule has 3 aromatic rings. The van der Waals surface area contributed by atoms with Gasteiger partial charge in [0.2, 0.25) is 0 Å². The van der Waals surface area contributed by atoms with Gasteiger partial charge in [0, 0.05) is 12.6 Å². The number of fused-ring (bicyclic) bond motifs is 1. The molecule has 1 amide bonds. The first kappa shape index (κ1) is 15.5. The molecule has 0 saturated carbocycles. The number of carboxylic acid groups (broad SMARTS) is 1. The number of carbonyl (C=O) groups is 2. The molecule has 2 N–H and O–H groups in total. The number of halogens is 2. The van der Waals surface area contributed by atoms with E-state index in [9.17, 15) is 18.4 Å². The summed E-state index contributed by atoms with van der Waals surface area (Å²) in [4.78, 5) is 27.2. The lowest BCUT2D eigenvalue weighted by molar-refractivity contribution is 0.0687. The van der Waals surface area contributed by atoms with E-state index in [-0.39, 0.29) is 17.9 Å². The zero-order chi connectivity index (χ0) is 17.3. The van der Waals surface area contributed by atoms with Gasteiger partial charge in [-0.25, -0.2) is 23.1 Å². The van der Waals surface area contributed by atoms with Crippen LogP contribution in [0.15, 0.2) is 36.5 Å². The third-order valence-corrected chi connectivity index (χ3v) is 3.25. The minimum Gasteiger partial charge on any atom is -0.477 e. The molecule has 7 nitrogen and oxygen atoms in total. The monoisotopic (exact) mass is 332 g/mol. The molecular formula is C15H10F2N4O3. The van der Waals surface area contributed by atoms with Crippen LogP contribution in [-0.2, 0) is 6.54 Å². The Morgan fingerprint density at radius 1 is 1.21 bits per heavy atom. The Kier molecular flexibility index (Phi) is 3.90. The molecule has 2 heterocycles. The molecule has 0 aliphatic carbocycles. The first-order chi connectivity index (χ1) is 11.5. The van der Waals surface area contributed by atoms with Gasteiger partial charge < -0.3 is 10.4 Å². The summed E-state index contributed by atoms with van der Waals surface area (Å²) in [6, 6.07) is 6.48. The third kappa shape index (κ3) is 2.91. The van der Waals surface area contributed by atoms with Crippen molar-refractivity contribution in [1.29, 1.82) is 0 Å². The summed E-state index contributed by atoms with van der Waals surface area (Å²) >= 11 is 0. The third-order valence-electron chi connectivity index (χ3n) is 3.25. The number of benzene rings is 1. The Morgan fingerprint density at radius 3 is 2.58 bits per heavy atom. The van der Waals surface area contributed by atoms with E-state index in [1.807, 2.05) is 0 Å². The van der Waals surface area contributed by atoms with E-state index in [0.717, 1.165) is 16.8 Å². The van der Waals surface area contributed by atoms with Gasteiger partial charge in [0.15, 0.2) is 17.2 Å². The Hall–Kier alpha value is -3.36. The molecule has 0 aliphatic rings. The van der Waals surface area contributed by atoms with Gasteiger partial charge in [0.05, 0.1) is 6.20 Å². The first-order valence-corrected chi connectivity index (χ1v) is 6.76. The van der Waals surface area contributed by atoms with Crippen LogP contribution < -0.4 is 5.32 Å². The molecular weight excluding hydrogens is 322 g/mol. The molecule has 0 fully saturated rings. The minimum atomic E-state index is -1.38. The number of carbonyl (C=O) groups excluding carboxylic acids is 1. The molecule has 2 aromatic heterocycles. The van der Waals surface area contributed by atoms with Gasteiger partial charge in [-0.05, 0) is 17.7 Å². The number of carboxylic acids is 1. The van der Waals surface area contributed by atoms with Crippen molar-refractivity contribution in [2.75, 3.05) is 0 Å². The number of aromatic carboxylic acids is 1. The number of hydrogen-bond acceptors (Lipinski definition) is 4. The van der Waals surface area contributed by atoms with Crippen LogP contribution in [0.5, 0.6) is 0 Å². The van der Waals surface area contributed by atoms with Crippen molar-refractivity contribution in [1.82, 2.24) is 19.9 Å². The Morgan fingerprint density at radius 2 is 1.92 bits per heavy atom. The van der Waals surface area contributed by atoms with Gasteiger partial charge in [-0.1, -0.05) is 12.1 Å². The average Bonchev–Trinajstić information content (AvgIpc) is 2.94. The summed E-state index contributed by atoms with van der Waals surface area (Å²) in [7, 11) is 0. The summed E-state index contributed by atoms with van der Waals surface area (Å²) in [5.41, 5.74) is -0.376. The van der Waals surface area contributed by atoms with Crippen molar-refractivity contribution in [2.24, 2.45) is 0 Å². The molecule has 0 saturated heterocycles. The van der Waals surface area contributed by atoms with Crippen molar-refractivity contribution in [3.63, 3.8) is 0 Å². The van der Waals surface area contributed by atoms with Crippen molar-refractivity contribution in [3.8, 4) is 0 Å². The second-order valence-electron chi connectivity index (χ2n) is 4.87. The fourth-order valence-corrected chi connectivity index (χ4v) is 2.08. The molecule has 9 heteroatoms. The smallest absolute Gasteiger partial charge is 0.354 e. The highest BCUT2D eigenvalue weighted by Crippen LogP contribution is 2.12. The van der Waals surface area contributed by atoms with Gasteiger partial charge in [-0.3, -0.25) is 4.79 Å². The molecule has 0 bridgehead atoms. The lowest BCUT2D eigenvalue weighted by atomic mass is 10.2. The summed E-state index contributed by atoms with van der Waals surface area (Å²) in [5.74, 6) is -3.31. The Bertz CT molecular complexity index is 938. The molecule has 122 valence electrons. The zero-order valence-electron chi connectivity index (χ0n) is 12.0. The predicted molar refractivity (Wildman–Crippen MR) is 77.5 cm³/mol. The van der Waals surface area contributed by atoms with Gasteiger partial charge in [0.25, 0.3) is 5.91 Å². The van der Waals surface area contributed by atoms with E-state index < -0.39 is 29.2 Å². The fourth-order valence-electron chi connectivity index (χ4n) is 2.08. The second-order valence-corrected chi connectivity index (χ2v) is 4.87. The minimum absolute atomic E-state index is 0.0795. The van der Waals surface area contributed by atoms with E-state index in [1.165, 1.54) is 24.3 Å². The van der Waals surface area contributed by atoms with E-state index >= 15 is 0 Å². The number of nitrogens with one attached hydrogen (secondary N) is 1. The first-order valence-electron chi connectivity index (χ1n) is 6.76. The maximum atomic E-state index is 13.6. The largest absolute Gasteiger partial charge is 0.477 e. The highest BCUT2D eigenvalue weighted by Gasteiger charge is 2.19. The van der Waals surface area contributed by atoms with E-state index in [1.54, 1.807) is 0 Å². The van der Waals surface area contributed by atoms with E-state index in [4.69, 9.17) is 5.11 Å². The van der Waals surface area contributed by atoms with Gasteiger partial charge in [-0.15, -0.1) is 0 Å². The van der Waals surface area contributed by atoms with Gasteiger partial charge >= 0.3 is 5.97 Å². The quantitative estimate of drug-likeness (QED) is 0.757. The highest BCUT2D eigenvalue weighted by atomic mass is 19.1. The van der Waals surface area contributed by atoms with E-state index in [2.05, 4.69) is 15.4 Å². The van der Waals surface area contributed by atoms with Crippen LogP contribution in [0.4, 0.5) is 8.78 Å². The topological polar surface area (TPSA) is 96.6 Å². The van der Waals surface area contributed by atoms with Crippen LogP contribution in [0, 0.1) is 11.6 Å². The zero-order valence-corrected chi connectivity index (χ0v) is 12.0. The maximum Gasteiger partial charge on any atom is 0.354 e. The van der Waals surface area contributed by atoms with Crippen molar-refractivity contribution in [2.45, 2.75) is 6.54 Å². The fraction of sp³-hybridized carbons (Fsp3) is 0.0667. The summed E-state index contributed by atoms with van der Waals surface area (Å²) in [6.45, 7) is 0.0795. The van der Waals surface area contributed by atoms with Gasteiger partial charge in [-0.2, -0.15) is 5.10 Å². The molecule has 0 atom stereocenters. The lowest BCUT2D eigenvalue weighted by Gasteiger charge is -2.07. The van der Waals surface area contributed by atoms with Crippen molar-refractivity contribution >= 4 is 17.5 Å². The van der Waals surface area contributed by atoms with Crippen LogP contribution in [0.25, 0.3) is 5.65 Å². The lowest BCUT2D eigenvalue weighted by Crippen LogP contribution is -2.25. The SMILES string of the molecule is O=C(NCc1ccc(F)cc1)c1cc(C(=O)O)n2ncc(F)c2n1. The molecule has 1 aromatic carbocycles. The van der Waals surface area contributed by atoms with Crippen LogP contribution in [-0.4, -0.2) is 31.6 Å². The molecule has 0 unspecified atom stereocenters. The Labute approximate surface area is 133 Å². The predicted octanol–water partition coefficient (Wildman–Crippen LogP) is 1.64. The number of nitrogens with zero attached hydrogens (tertiary/aromatic N) is 3. The average molecular weight is 332 g/mol. The van der Waals surface area contributed by atoms with Crippen LogP contribution in [0.2, 0.25) is 0 Å².